The van der Waals surface area contributed by atoms with Crippen LogP contribution >= 0.6 is 11.3 Å². The molecular weight excluding hydrogens is 188 g/mol. The third-order valence-corrected chi connectivity index (χ3v) is 2.22. The summed E-state index contributed by atoms with van der Waals surface area (Å²) in [5.74, 6) is 1.23. The molecule has 0 aliphatic heterocycles. The molecule has 0 fully saturated rings. The van der Waals surface area contributed by atoms with E-state index in [0.717, 1.165) is 11.3 Å². The molecule has 5 heteroatoms. The second-order valence-corrected chi connectivity index (χ2v) is 3.21. The topological polar surface area (TPSA) is 59.1 Å². The van der Waals surface area contributed by atoms with Crippen LogP contribution in [0.3, 0.4) is 0 Å². The van der Waals surface area contributed by atoms with Crippen LogP contribution in [0.25, 0.3) is 0 Å². The van der Waals surface area contributed by atoms with Crippen molar-refractivity contribution in [3.05, 3.63) is 11.1 Å². The molecule has 1 aromatic rings. The van der Waals surface area contributed by atoms with E-state index in [-0.39, 0.29) is 5.78 Å². The van der Waals surface area contributed by atoms with Gasteiger partial charge in [0.1, 0.15) is 0 Å². The molecular formula is C8H6N2O2S. The maximum absolute atomic E-state index is 10.8. The average Bonchev–Trinajstić information content (AvgIpc) is 2.52. The van der Waals surface area contributed by atoms with E-state index in [1.54, 1.807) is 0 Å². The average molecular weight is 194 g/mol. The Morgan fingerprint density at radius 1 is 1.69 bits per heavy atom. The lowest BCUT2D eigenvalue weighted by atomic mass is 10.4. The van der Waals surface area contributed by atoms with E-state index in [0.29, 0.717) is 10.0 Å². The fourth-order valence-electron chi connectivity index (χ4n) is 0.628. The quantitative estimate of drug-likeness (QED) is 0.562. The van der Waals surface area contributed by atoms with E-state index in [4.69, 9.17) is 6.42 Å². The first-order chi connectivity index (χ1) is 6.13. The first-order valence-corrected chi connectivity index (χ1v) is 4.19. The van der Waals surface area contributed by atoms with Gasteiger partial charge in [0.25, 0.3) is 0 Å². The van der Waals surface area contributed by atoms with Crippen LogP contribution < -0.4 is 5.32 Å². The third-order valence-electron chi connectivity index (χ3n) is 1.20. The number of carbonyl (C=O) groups is 2. The van der Waals surface area contributed by atoms with Crippen LogP contribution in [0.5, 0.6) is 0 Å². The molecule has 66 valence electrons. The number of amides is 1. The summed E-state index contributed by atoms with van der Waals surface area (Å²) in [7, 11) is 0. The van der Waals surface area contributed by atoms with E-state index < -0.39 is 5.91 Å². The van der Waals surface area contributed by atoms with Gasteiger partial charge in [0.2, 0.25) is 0 Å². The summed E-state index contributed by atoms with van der Waals surface area (Å²) in [6.45, 7) is 1.43. The second-order valence-electron chi connectivity index (χ2n) is 2.18. The zero-order valence-electron chi connectivity index (χ0n) is 6.83. The summed E-state index contributed by atoms with van der Waals surface area (Å²) >= 11 is 1.10. The fourth-order valence-corrected chi connectivity index (χ4v) is 1.33. The van der Waals surface area contributed by atoms with Gasteiger partial charge in [0.15, 0.2) is 10.9 Å². The number of aromatic nitrogens is 1. The van der Waals surface area contributed by atoms with Crippen LogP contribution in [0.4, 0.5) is 5.13 Å². The van der Waals surface area contributed by atoms with Crippen molar-refractivity contribution in [3.8, 4) is 12.3 Å². The Hall–Kier alpha value is -1.67. The molecule has 13 heavy (non-hydrogen) atoms. The number of nitrogens with zero attached hydrogens (tertiary/aromatic N) is 1. The molecule has 0 unspecified atom stereocenters. The molecule has 0 saturated carbocycles. The van der Waals surface area contributed by atoms with Crippen molar-refractivity contribution in [2.24, 2.45) is 0 Å². The number of anilines is 1. The van der Waals surface area contributed by atoms with Crippen molar-refractivity contribution in [2.45, 2.75) is 6.92 Å². The minimum Gasteiger partial charge on any atom is -0.294 e. The van der Waals surface area contributed by atoms with Gasteiger partial charge in [-0.15, -0.1) is 6.42 Å². The number of terminal acetylenes is 1. The van der Waals surface area contributed by atoms with Gasteiger partial charge in [-0.1, -0.05) is 11.3 Å². The van der Waals surface area contributed by atoms with Gasteiger partial charge in [-0.2, -0.15) is 0 Å². The van der Waals surface area contributed by atoms with E-state index in [2.05, 4.69) is 10.3 Å². The van der Waals surface area contributed by atoms with Gasteiger partial charge in [-0.25, -0.2) is 4.98 Å². The minimum absolute atomic E-state index is 0.0845. The molecule has 0 aromatic carbocycles. The Bertz CT molecular complexity index is 389. The van der Waals surface area contributed by atoms with E-state index in [1.807, 2.05) is 5.92 Å². The standard InChI is InChI=1S/C8H6N2O2S/c1-3-7(12)10-8-9-4-6(13-8)5(2)11/h1,4H,2H3,(H,9,10,12). The summed E-state index contributed by atoms with van der Waals surface area (Å²) in [5.41, 5.74) is 0. The van der Waals surface area contributed by atoms with Crippen molar-refractivity contribution in [1.82, 2.24) is 4.98 Å². The fraction of sp³-hybridized carbons (Fsp3) is 0.125. The number of ketones is 1. The smallest absolute Gasteiger partial charge is 0.294 e. The molecule has 0 saturated heterocycles. The highest BCUT2D eigenvalue weighted by Crippen LogP contribution is 2.17. The Morgan fingerprint density at radius 2 is 2.38 bits per heavy atom. The van der Waals surface area contributed by atoms with Crippen molar-refractivity contribution in [1.29, 1.82) is 0 Å². The van der Waals surface area contributed by atoms with E-state index >= 15 is 0 Å². The zero-order chi connectivity index (χ0) is 9.84. The highest BCUT2D eigenvalue weighted by atomic mass is 32.1. The molecule has 0 bridgehead atoms. The van der Waals surface area contributed by atoms with Crippen molar-refractivity contribution in [2.75, 3.05) is 5.32 Å². The number of Topliss-reactive ketones (excluding diaryl/α,β-unsaturated/α-hetero) is 1. The minimum atomic E-state index is -0.565. The van der Waals surface area contributed by atoms with Crippen molar-refractivity contribution >= 4 is 28.2 Å². The summed E-state index contributed by atoms with van der Waals surface area (Å²) in [6, 6.07) is 0. The summed E-state index contributed by atoms with van der Waals surface area (Å²) < 4.78 is 0. The lowest BCUT2D eigenvalue weighted by Gasteiger charge is -1.90. The molecule has 0 spiro atoms. The Labute approximate surface area is 79.0 Å². The Morgan fingerprint density at radius 3 is 2.85 bits per heavy atom. The zero-order valence-corrected chi connectivity index (χ0v) is 7.64. The number of hydrogen-bond acceptors (Lipinski definition) is 4. The largest absolute Gasteiger partial charge is 0.301 e. The van der Waals surface area contributed by atoms with Gasteiger partial charge in [0, 0.05) is 6.92 Å². The highest BCUT2D eigenvalue weighted by molar-refractivity contribution is 7.17. The lowest BCUT2D eigenvalue weighted by Crippen LogP contribution is -2.07. The first-order valence-electron chi connectivity index (χ1n) is 3.38. The van der Waals surface area contributed by atoms with Crippen molar-refractivity contribution < 1.29 is 9.59 Å². The van der Waals surface area contributed by atoms with Gasteiger partial charge in [-0.3, -0.25) is 14.9 Å². The summed E-state index contributed by atoms with van der Waals surface area (Å²) in [5, 5.41) is 2.69. The normalized spacial score (nSPS) is 8.92. The van der Waals surface area contributed by atoms with Crippen LogP contribution in [-0.2, 0) is 4.79 Å². The van der Waals surface area contributed by atoms with Crippen molar-refractivity contribution in [3.63, 3.8) is 0 Å². The SMILES string of the molecule is C#CC(=O)Nc1ncc(C(C)=O)s1. The van der Waals surface area contributed by atoms with Gasteiger partial charge in [-0.05, 0) is 5.92 Å². The number of thiazole rings is 1. The number of carbonyl (C=O) groups excluding carboxylic acids is 2. The number of rotatable bonds is 2. The van der Waals surface area contributed by atoms with Crippen LogP contribution in [0, 0.1) is 12.3 Å². The van der Waals surface area contributed by atoms with E-state index in [9.17, 15) is 9.59 Å². The predicted octanol–water partition coefficient (Wildman–Crippen LogP) is 0.917. The van der Waals surface area contributed by atoms with Gasteiger partial charge in [0.05, 0.1) is 11.1 Å². The van der Waals surface area contributed by atoms with Crippen LogP contribution in [0.1, 0.15) is 16.6 Å². The van der Waals surface area contributed by atoms with E-state index in [1.165, 1.54) is 13.1 Å². The Kier molecular flexibility index (Phi) is 2.77. The lowest BCUT2D eigenvalue weighted by molar-refractivity contribution is -0.111. The second kappa shape index (κ2) is 3.83. The molecule has 0 atom stereocenters. The third kappa shape index (κ3) is 2.39. The molecule has 1 rings (SSSR count). The summed E-state index contributed by atoms with van der Waals surface area (Å²) in [6.07, 6.45) is 6.24. The number of hydrogen-bond donors (Lipinski definition) is 1. The summed E-state index contributed by atoms with van der Waals surface area (Å²) in [4.78, 5) is 25.8. The first kappa shape index (κ1) is 9.42. The molecule has 1 aromatic heterocycles. The van der Waals surface area contributed by atoms with Crippen LogP contribution in [0.2, 0.25) is 0 Å². The molecule has 1 N–H and O–H groups in total. The molecule has 0 aliphatic rings. The Balaban J connectivity index is 2.76. The maximum Gasteiger partial charge on any atom is 0.301 e. The molecule has 1 heterocycles. The molecule has 1 amide bonds. The predicted molar refractivity (Wildman–Crippen MR) is 49.6 cm³/mol. The van der Waals surface area contributed by atoms with Crippen LogP contribution in [-0.4, -0.2) is 16.7 Å². The number of nitrogens with one attached hydrogen (secondary N) is 1. The maximum atomic E-state index is 10.8. The highest BCUT2D eigenvalue weighted by Gasteiger charge is 2.06. The monoisotopic (exact) mass is 194 g/mol. The molecule has 4 nitrogen and oxygen atoms in total. The molecule has 0 aliphatic carbocycles. The van der Waals surface area contributed by atoms with Gasteiger partial charge >= 0.3 is 5.91 Å². The molecule has 0 radical (unpaired) electrons. The van der Waals surface area contributed by atoms with Gasteiger partial charge < -0.3 is 0 Å². The van der Waals surface area contributed by atoms with Crippen LogP contribution in [0.15, 0.2) is 6.20 Å².